The van der Waals surface area contributed by atoms with Crippen molar-refractivity contribution >= 4 is 0 Å². The zero-order chi connectivity index (χ0) is 25.1. The molecule has 0 aromatic heterocycles. The normalized spacial score (nSPS) is 12.0. The lowest BCUT2D eigenvalue weighted by Crippen LogP contribution is -2.25. The van der Waals surface area contributed by atoms with Crippen LogP contribution < -0.4 is 17.2 Å². The number of nitrogens with zero attached hydrogens (tertiary/aromatic N) is 1. The molecule has 31 heavy (non-hydrogen) atoms. The summed E-state index contributed by atoms with van der Waals surface area (Å²) in [5.41, 5.74) is 18.3. The van der Waals surface area contributed by atoms with Gasteiger partial charge in [0.1, 0.15) is 0 Å². The van der Waals surface area contributed by atoms with Crippen molar-refractivity contribution in [1.29, 1.82) is 0 Å². The average molecular weight is 439 g/mol. The molecule has 1 aromatic carbocycles. The molecular formula is C27H58N4. The van der Waals surface area contributed by atoms with Gasteiger partial charge in [0.05, 0.1) is 0 Å². The van der Waals surface area contributed by atoms with Crippen molar-refractivity contribution in [3.63, 3.8) is 0 Å². The lowest BCUT2D eigenvalue weighted by atomic mass is 9.69. The van der Waals surface area contributed by atoms with E-state index in [0.29, 0.717) is 16.7 Å². The maximum absolute atomic E-state index is 5.32. The van der Waals surface area contributed by atoms with Gasteiger partial charge in [0.15, 0.2) is 0 Å². The SMILES string of the molecule is CCCN(C)CCN.CCN.CCc1ccc(C(CC(C)(C)C)C(C)(C)C)cc1.CN. The number of nitrogens with two attached hydrogens (primary N) is 3. The molecule has 186 valence electrons. The van der Waals surface area contributed by atoms with Crippen LogP contribution in [0.15, 0.2) is 24.3 Å². The summed E-state index contributed by atoms with van der Waals surface area (Å²) in [6, 6.07) is 9.24. The lowest BCUT2D eigenvalue weighted by molar-refractivity contribution is 0.229. The molecule has 6 N–H and O–H groups in total. The molecule has 0 saturated carbocycles. The number of likely N-dealkylation sites (N-methyl/N-ethyl adjacent to an activating group) is 1. The predicted octanol–water partition coefficient (Wildman–Crippen LogP) is 5.64. The maximum atomic E-state index is 5.32. The Morgan fingerprint density at radius 1 is 0.839 bits per heavy atom. The molecule has 0 heterocycles. The van der Waals surface area contributed by atoms with E-state index in [0.717, 1.165) is 32.6 Å². The fourth-order valence-electron chi connectivity index (χ4n) is 3.24. The van der Waals surface area contributed by atoms with E-state index in [4.69, 9.17) is 11.5 Å². The minimum Gasteiger partial charge on any atom is -0.333 e. The summed E-state index contributed by atoms with van der Waals surface area (Å²) >= 11 is 0. The molecule has 4 heteroatoms. The molecule has 0 spiro atoms. The molecule has 0 aliphatic rings. The minimum atomic E-state index is 0.320. The van der Waals surface area contributed by atoms with E-state index in [-0.39, 0.29) is 0 Å². The average Bonchev–Trinajstić information content (AvgIpc) is 2.68. The zero-order valence-corrected chi connectivity index (χ0v) is 23.0. The van der Waals surface area contributed by atoms with Crippen molar-refractivity contribution in [1.82, 2.24) is 4.90 Å². The Morgan fingerprint density at radius 3 is 1.58 bits per heavy atom. The van der Waals surface area contributed by atoms with E-state index in [1.165, 1.54) is 31.0 Å². The Morgan fingerprint density at radius 2 is 1.29 bits per heavy atom. The molecule has 1 atom stereocenters. The highest BCUT2D eigenvalue weighted by Crippen LogP contribution is 2.42. The van der Waals surface area contributed by atoms with Gasteiger partial charge in [-0.3, -0.25) is 0 Å². The van der Waals surface area contributed by atoms with Crippen LogP contribution in [-0.4, -0.2) is 45.2 Å². The van der Waals surface area contributed by atoms with Gasteiger partial charge in [-0.25, -0.2) is 0 Å². The molecule has 1 aromatic rings. The first-order valence-corrected chi connectivity index (χ1v) is 12.1. The molecule has 1 unspecified atom stereocenters. The van der Waals surface area contributed by atoms with Gasteiger partial charge in [-0.15, -0.1) is 0 Å². The van der Waals surface area contributed by atoms with Gasteiger partial charge in [0.2, 0.25) is 0 Å². The topological polar surface area (TPSA) is 81.3 Å². The zero-order valence-electron chi connectivity index (χ0n) is 23.0. The van der Waals surface area contributed by atoms with Crippen LogP contribution in [0.5, 0.6) is 0 Å². The third-order valence-electron chi connectivity index (χ3n) is 4.77. The number of hydrogen-bond acceptors (Lipinski definition) is 4. The van der Waals surface area contributed by atoms with Crippen molar-refractivity contribution in [2.24, 2.45) is 28.0 Å². The fourth-order valence-corrected chi connectivity index (χ4v) is 3.24. The van der Waals surface area contributed by atoms with Crippen LogP contribution in [0.2, 0.25) is 0 Å². The summed E-state index contributed by atoms with van der Waals surface area (Å²) in [6.45, 7) is 24.1. The van der Waals surface area contributed by atoms with Crippen molar-refractivity contribution in [3.8, 4) is 0 Å². The number of benzene rings is 1. The molecule has 1 rings (SSSR count). The third-order valence-corrected chi connectivity index (χ3v) is 4.77. The lowest BCUT2D eigenvalue weighted by Gasteiger charge is -2.36. The van der Waals surface area contributed by atoms with E-state index >= 15 is 0 Å². The van der Waals surface area contributed by atoms with E-state index in [1.807, 2.05) is 6.92 Å². The molecule has 0 bridgehead atoms. The smallest absolute Gasteiger partial charge is 0.0102 e. The van der Waals surface area contributed by atoms with Crippen molar-refractivity contribution in [3.05, 3.63) is 35.4 Å². The van der Waals surface area contributed by atoms with Crippen molar-refractivity contribution in [2.45, 2.75) is 87.5 Å². The molecule has 0 aliphatic carbocycles. The Labute approximate surface area is 196 Å². The monoisotopic (exact) mass is 438 g/mol. The van der Waals surface area contributed by atoms with Crippen LogP contribution in [0, 0.1) is 10.8 Å². The molecule has 0 amide bonds. The minimum absolute atomic E-state index is 0.320. The summed E-state index contributed by atoms with van der Waals surface area (Å²) in [7, 11) is 3.59. The van der Waals surface area contributed by atoms with Crippen LogP contribution in [0.4, 0.5) is 0 Å². The molecule has 0 radical (unpaired) electrons. The highest BCUT2D eigenvalue weighted by atomic mass is 15.1. The van der Waals surface area contributed by atoms with Gasteiger partial charge < -0.3 is 22.1 Å². The molecule has 0 aliphatic heterocycles. The van der Waals surface area contributed by atoms with Crippen LogP contribution >= 0.6 is 0 Å². The number of aryl methyl sites for hydroxylation is 1. The number of rotatable bonds is 7. The summed E-state index contributed by atoms with van der Waals surface area (Å²) in [5.74, 6) is 0.628. The van der Waals surface area contributed by atoms with Crippen LogP contribution in [0.25, 0.3) is 0 Å². The third kappa shape index (κ3) is 20.7. The van der Waals surface area contributed by atoms with Gasteiger partial charge in [0, 0.05) is 13.1 Å². The van der Waals surface area contributed by atoms with Crippen LogP contribution in [0.1, 0.15) is 92.2 Å². The van der Waals surface area contributed by atoms with Gasteiger partial charge in [0.25, 0.3) is 0 Å². The van der Waals surface area contributed by atoms with Gasteiger partial charge in [-0.1, -0.05) is 86.6 Å². The predicted molar refractivity (Wildman–Crippen MR) is 144 cm³/mol. The van der Waals surface area contributed by atoms with Gasteiger partial charge in [-0.2, -0.15) is 0 Å². The van der Waals surface area contributed by atoms with Gasteiger partial charge in [-0.05, 0) is 74.3 Å². The fraction of sp³-hybridized carbons (Fsp3) is 0.778. The first kappa shape index (κ1) is 34.7. The Balaban J connectivity index is -0.000000503. The second-order valence-electron chi connectivity index (χ2n) is 10.3. The largest absolute Gasteiger partial charge is 0.333 e. The summed E-state index contributed by atoms with van der Waals surface area (Å²) in [5, 5.41) is 0. The van der Waals surface area contributed by atoms with E-state index in [1.54, 1.807) is 0 Å². The molecular weight excluding hydrogens is 380 g/mol. The van der Waals surface area contributed by atoms with Gasteiger partial charge >= 0.3 is 0 Å². The highest BCUT2D eigenvalue weighted by molar-refractivity contribution is 5.27. The molecule has 0 saturated heterocycles. The van der Waals surface area contributed by atoms with E-state index < -0.39 is 0 Å². The molecule has 0 fully saturated rings. The second-order valence-corrected chi connectivity index (χ2v) is 10.3. The second kappa shape index (κ2) is 19.7. The summed E-state index contributed by atoms with van der Waals surface area (Å²) in [4.78, 5) is 2.24. The van der Waals surface area contributed by atoms with E-state index in [9.17, 15) is 0 Å². The van der Waals surface area contributed by atoms with Crippen LogP contribution in [-0.2, 0) is 6.42 Å². The maximum Gasteiger partial charge on any atom is 0.0102 e. The summed E-state index contributed by atoms with van der Waals surface area (Å²) < 4.78 is 0. The highest BCUT2D eigenvalue weighted by Gasteiger charge is 2.30. The van der Waals surface area contributed by atoms with Crippen molar-refractivity contribution < 1.29 is 0 Å². The van der Waals surface area contributed by atoms with E-state index in [2.05, 4.69) is 97.3 Å². The Kier molecular flexibility index (Phi) is 22.1. The van der Waals surface area contributed by atoms with Crippen LogP contribution in [0.3, 0.4) is 0 Å². The quantitative estimate of drug-likeness (QED) is 0.514. The first-order valence-electron chi connectivity index (χ1n) is 12.1. The molecule has 4 nitrogen and oxygen atoms in total. The Hall–Kier alpha value is -0.940. The summed E-state index contributed by atoms with van der Waals surface area (Å²) in [6.07, 6.45) is 3.58. The Bertz CT molecular complexity index is 477. The first-order chi connectivity index (χ1) is 14.4. The van der Waals surface area contributed by atoms with Crippen molar-refractivity contribution in [2.75, 3.05) is 40.3 Å². The standard InChI is InChI=1S/C18H30.C6H16N2.C2H7N.CH5N/c1-8-14-9-11-15(12-10-14)16(18(5,6)7)13-17(2,3)4;1-3-5-8(2)6-4-7;1-2-3;1-2/h9-12,16H,8,13H2,1-7H3;3-7H2,1-2H3;2-3H2,1H3;2H2,1H3. The number of hydrogen-bond donors (Lipinski definition) is 3.